The standard InChI is InChI=1S/C23H25N2/c1-15-11-16(2)17(3)20(12-15)22-9-7-18-13-19(23(4,5)14-24)8-10-21(18)25(22)6/h7-13H,1-6H3/q+1. The Morgan fingerprint density at radius 1 is 0.960 bits per heavy atom. The Morgan fingerprint density at radius 2 is 1.68 bits per heavy atom. The number of nitriles is 1. The predicted octanol–water partition coefficient (Wildman–Crippen LogP) is 5.06. The minimum atomic E-state index is -0.477. The van der Waals surface area contributed by atoms with E-state index in [0.29, 0.717) is 0 Å². The molecule has 2 heteroatoms. The minimum Gasteiger partial charge on any atom is -0.197 e. The Kier molecular flexibility index (Phi) is 4.13. The van der Waals surface area contributed by atoms with Crippen molar-refractivity contribution in [2.45, 2.75) is 40.0 Å². The summed E-state index contributed by atoms with van der Waals surface area (Å²) < 4.78 is 2.25. The van der Waals surface area contributed by atoms with Gasteiger partial charge in [-0.3, -0.25) is 0 Å². The number of nitrogens with zero attached hydrogens (tertiary/aromatic N) is 2. The van der Waals surface area contributed by atoms with Crippen molar-refractivity contribution in [2.24, 2.45) is 7.05 Å². The Morgan fingerprint density at radius 3 is 2.36 bits per heavy atom. The molecule has 3 rings (SSSR count). The van der Waals surface area contributed by atoms with Gasteiger partial charge in [0, 0.05) is 23.1 Å². The van der Waals surface area contributed by atoms with Crippen LogP contribution in [-0.4, -0.2) is 0 Å². The molecule has 2 nitrogen and oxygen atoms in total. The molecule has 0 spiro atoms. The van der Waals surface area contributed by atoms with Gasteiger partial charge < -0.3 is 0 Å². The molecule has 0 bridgehead atoms. The van der Waals surface area contributed by atoms with Gasteiger partial charge in [-0.15, -0.1) is 0 Å². The van der Waals surface area contributed by atoms with E-state index >= 15 is 0 Å². The average molecular weight is 329 g/mol. The van der Waals surface area contributed by atoms with Gasteiger partial charge in [-0.05, 0) is 69.5 Å². The third-order valence-corrected chi connectivity index (χ3v) is 5.26. The average Bonchev–Trinajstić information content (AvgIpc) is 2.58. The lowest BCUT2D eigenvalue weighted by Gasteiger charge is -2.16. The summed E-state index contributed by atoms with van der Waals surface area (Å²) in [6.07, 6.45) is 0. The van der Waals surface area contributed by atoms with E-state index in [2.05, 4.69) is 80.9 Å². The molecule has 0 atom stereocenters. The topological polar surface area (TPSA) is 27.7 Å². The normalized spacial score (nSPS) is 11.6. The molecule has 25 heavy (non-hydrogen) atoms. The second-order valence-electron chi connectivity index (χ2n) is 7.54. The van der Waals surface area contributed by atoms with E-state index in [9.17, 15) is 5.26 Å². The van der Waals surface area contributed by atoms with Crippen LogP contribution in [0.2, 0.25) is 0 Å². The molecule has 0 radical (unpaired) electrons. The van der Waals surface area contributed by atoms with Crippen LogP contribution in [0.15, 0.2) is 42.5 Å². The van der Waals surface area contributed by atoms with Crippen LogP contribution in [0, 0.1) is 32.1 Å². The van der Waals surface area contributed by atoms with E-state index in [0.717, 1.165) is 10.9 Å². The molecule has 1 aromatic heterocycles. The third-order valence-electron chi connectivity index (χ3n) is 5.26. The van der Waals surface area contributed by atoms with E-state index in [1.807, 2.05) is 13.8 Å². The molecule has 0 aliphatic carbocycles. The van der Waals surface area contributed by atoms with Crippen LogP contribution in [-0.2, 0) is 12.5 Å². The van der Waals surface area contributed by atoms with Gasteiger partial charge in [-0.1, -0.05) is 17.7 Å². The van der Waals surface area contributed by atoms with Gasteiger partial charge in [0.25, 0.3) is 0 Å². The molecule has 0 saturated carbocycles. The molecule has 0 unspecified atom stereocenters. The fraction of sp³-hybridized carbons (Fsp3) is 0.304. The zero-order valence-electron chi connectivity index (χ0n) is 15.9. The van der Waals surface area contributed by atoms with Crippen LogP contribution in [0.5, 0.6) is 0 Å². The predicted molar refractivity (Wildman–Crippen MR) is 103 cm³/mol. The van der Waals surface area contributed by atoms with Crippen molar-refractivity contribution in [1.29, 1.82) is 5.26 Å². The van der Waals surface area contributed by atoms with Gasteiger partial charge >= 0.3 is 0 Å². The van der Waals surface area contributed by atoms with E-state index in [1.54, 1.807) is 0 Å². The molecule has 0 amide bonds. The maximum atomic E-state index is 9.39. The molecule has 0 aliphatic heterocycles. The lowest BCUT2D eigenvalue weighted by atomic mass is 9.85. The quantitative estimate of drug-likeness (QED) is 0.604. The number of benzene rings is 2. The summed E-state index contributed by atoms with van der Waals surface area (Å²) in [5.41, 5.74) is 8.17. The molecular formula is C23H25N2+. The Hall–Kier alpha value is -2.66. The SMILES string of the molecule is Cc1cc(C)c(C)c(-c2ccc3cc(C(C)(C)C#N)ccc3[n+]2C)c1. The first-order valence-electron chi connectivity index (χ1n) is 8.67. The Balaban J connectivity index is 2.23. The molecule has 0 N–H and O–H groups in total. The number of hydrogen-bond acceptors (Lipinski definition) is 1. The molecule has 0 saturated heterocycles. The first-order chi connectivity index (χ1) is 11.7. The monoisotopic (exact) mass is 329 g/mol. The zero-order chi connectivity index (χ0) is 18.4. The Labute approximate surface area is 150 Å². The van der Waals surface area contributed by atoms with Crippen molar-refractivity contribution in [3.05, 3.63) is 64.7 Å². The van der Waals surface area contributed by atoms with Crippen LogP contribution in [0.1, 0.15) is 36.1 Å². The van der Waals surface area contributed by atoms with Crippen molar-refractivity contribution in [3.63, 3.8) is 0 Å². The van der Waals surface area contributed by atoms with E-state index in [1.165, 1.54) is 33.5 Å². The number of hydrogen-bond donors (Lipinski definition) is 0. The fourth-order valence-corrected chi connectivity index (χ4v) is 3.43. The van der Waals surface area contributed by atoms with E-state index < -0.39 is 5.41 Å². The minimum absolute atomic E-state index is 0.477. The first-order valence-corrected chi connectivity index (χ1v) is 8.67. The van der Waals surface area contributed by atoms with Crippen molar-refractivity contribution < 1.29 is 4.57 Å². The number of fused-ring (bicyclic) bond motifs is 1. The molecule has 2 aromatic carbocycles. The number of aromatic nitrogens is 1. The summed E-state index contributed by atoms with van der Waals surface area (Å²) in [7, 11) is 2.11. The highest BCUT2D eigenvalue weighted by Gasteiger charge is 2.22. The van der Waals surface area contributed by atoms with Gasteiger partial charge in [0.2, 0.25) is 11.2 Å². The second kappa shape index (κ2) is 6.01. The summed E-state index contributed by atoms with van der Waals surface area (Å²) >= 11 is 0. The van der Waals surface area contributed by atoms with Crippen molar-refractivity contribution in [2.75, 3.05) is 0 Å². The summed E-state index contributed by atoms with van der Waals surface area (Å²) in [6.45, 7) is 10.4. The van der Waals surface area contributed by atoms with Crippen LogP contribution < -0.4 is 4.57 Å². The number of rotatable bonds is 2. The van der Waals surface area contributed by atoms with Crippen LogP contribution in [0.3, 0.4) is 0 Å². The van der Waals surface area contributed by atoms with Crippen molar-refractivity contribution in [3.8, 4) is 17.3 Å². The summed E-state index contributed by atoms with van der Waals surface area (Å²) in [5.74, 6) is 0. The van der Waals surface area contributed by atoms with Gasteiger partial charge in [0.15, 0.2) is 0 Å². The van der Waals surface area contributed by atoms with Crippen LogP contribution in [0.25, 0.3) is 22.2 Å². The molecule has 0 aliphatic rings. The van der Waals surface area contributed by atoms with Crippen LogP contribution >= 0.6 is 0 Å². The maximum Gasteiger partial charge on any atom is 0.213 e. The molecule has 3 aromatic rings. The number of pyridine rings is 1. The van der Waals surface area contributed by atoms with Gasteiger partial charge in [-0.2, -0.15) is 9.83 Å². The molecule has 0 fully saturated rings. The number of aryl methyl sites for hydroxylation is 3. The fourth-order valence-electron chi connectivity index (χ4n) is 3.43. The van der Waals surface area contributed by atoms with Gasteiger partial charge in [0.05, 0.1) is 11.5 Å². The zero-order valence-corrected chi connectivity index (χ0v) is 15.9. The van der Waals surface area contributed by atoms with Crippen molar-refractivity contribution >= 4 is 10.9 Å². The molecule has 1 heterocycles. The maximum absolute atomic E-state index is 9.39. The van der Waals surface area contributed by atoms with E-state index in [-0.39, 0.29) is 0 Å². The highest BCUT2D eigenvalue weighted by atomic mass is 14.9. The van der Waals surface area contributed by atoms with Crippen LogP contribution in [0.4, 0.5) is 0 Å². The largest absolute Gasteiger partial charge is 0.213 e. The van der Waals surface area contributed by atoms with Gasteiger partial charge in [0.1, 0.15) is 7.05 Å². The lowest BCUT2D eigenvalue weighted by molar-refractivity contribution is -0.633. The smallest absolute Gasteiger partial charge is 0.197 e. The highest BCUT2D eigenvalue weighted by Crippen LogP contribution is 2.28. The third kappa shape index (κ3) is 2.91. The van der Waals surface area contributed by atoms with Gasteiger partial charge in [-0.25, -0.2) is 0 Å². The van der Waals surface area contributed by atoms with E-state index in [4.69, 9.17) is 0 Å². The lowest BCUT2D eigenvalue weighted by Crippen LogP contribution is -2.32. The summed E-state index contributed by atoms with van der Waals surface area (Å²) in [4.78, 5) is 0. The summed E-state index contributed by atoms with van der Waals surface area (Å²) in [5, 5.41) is 10.6. The highest BCUT2D eigenvalue weighted by molar-refractivity contribution is 5.79. The van der Waals surface area contributed by atoms with Crippen molar-refractivity contribution in [1.82, 2.24) is 0 Å². The molecule has 126 valence electrons. The molecular weight excluding hydrogens is 304 g/mol. The summed E-state index contributed by atoms with van der Waals surface area (Å²) in [6, 6.07) is 17.6. The first kappa shape index (κ1) is 17.2. The Bertz CT molecular complexity index is 1020. The second-order valence-corrected chi connectivity index (χ2v) is 7.54.